The minimum Gasteiger partial charge on any atom is -0.382 e. The Morgan fingerprint density at radius 2 is 1.82 bits per heavy atom. The molecule has 1 heterocycles. The Kier molecular flexibility index (Phi) is 3.28. The van der Waals surface area contributed by atoms with E-state index in [0.29, 0.717) is 11.6 Å². The number of benzene rings is 1. The number of anilines is 3. The maximum atomic E-state index is 5.59. The third kappa shape index (κ3) is 2.74. The third-order valence-corrected chi connectivity index (χ3v) is 2.86. The first-order valence-corrected chi connectivity index (χ1v) is 5.97. The Labute approximate surface area is 108 Å². The van der Waals surface area contributed by atoms with E-state index >= 15 is 0 Å². The minimum absolute atomic E-state index is 0.405. The van der Waals surface area contributed by atoms with Gasteiger partial charge >= 0.3 is 0 Å². The lowest BCUT2D eigenvalue weighted by molar-refractivity contribution is 1.20. The largest absolute Gasteiger partial charge is 0.382 e. The van der Waals surface area contributed by atoms with Crippen molar-refractivity contribution in [2.24, 2.45) is 0 Å². The molecule has 0 saturated carbocycles. The van der Waals surface area contributed by atoms with Crippen LogP contribution in [0.1, 0.15) is 11.1 Å². The van der Waals surface area contributed by atoms with Gasteiger partial charge in [0, 0.05) is 10.2 Å². The van der Waals surface area contributed by atoms with Crippen LogP contribution in [-0.4, -0.2) is 9.97 Å². The van der Waals surface area contributed by atoms with E-state index in [1.54, 1.807) is 6.20 Å². The van der Waals surface area contributed by atoms with Gasteiger partial charge in [0.05, 0.1) is 12.4 Å². The molecule has 2 aromatic rings. The van der Waals surface area contributed by atoms with E-state index in [1.165, 1.54) is 6.20 Å². The van der Waals surface area contributed by atoms with E-state index in [1.807, 2.05) is 13.8 Å². The molecular formula is C12H13BrN4. The summed E-state index contributed by atoms with van der Waals surface area (Å²) in [6, 6.07) is 4.10. The first-order chi connectivity index (χ1) is 8.06. The molecule has 88 valence electrons. The lowest BCUT2D eigenvalue weighted by Crippen LogP contribution is -2.01. The summed E-state index contributed by atoms with van der Waals surface area (Å²) >= 11 is 3.47. The summed E-state index contributed by atoms with van der Waals surface area (Å²) in [5, 5.41) is 3.23. The summed E-state index contributed by atoms with van der Waals surface area (Å²) in [5.74, 6) is 1.06. The predicted octanol–water partition coefficient (Wildman–Crippen LogP) is 3.18. The molecule has 0 aliphatic heterocycles. The molecule has 0 aliphatic rings. The number of hydrogen-bond acceptors (Lipinski definition) is 4. The zero-order chi connectivity index (χ0) is 12.4. The Morgan fingerprint density at radius 1 is 1.18 bits per heavy atom. The van der Waals surface area contributed by atoms with Gasteiger partial charge in [-0.2, -0.15) is 0 Å². The van der Waals surface area contributed by atoms with Gasteiger partial charge in [-0.25, -0.2) is 4.98 Å². The van der Waals surface area contributed by atoms with Gasteiger partial charge in [0.2, 0.25) is 0 Å². The van der Waals surface area contributed by atoms with Crippen LogP contribution in [0.5, 0.6) is 0 Å². The first-order valence-electron chi connectivity index (χ1n) is 5.17. The smallest absolute Gasteiger partial charge is 0.151 e. The topological polar surface area (TPSA) is 63.8 Å². The first kappa shape index (κ1) is 11.9. The number of nitrogen functional groups attached to an aromatic ring is 1. The van der Waals surface area contributed by atoms with Crippen molar-refractivity contribution < 1.29 is 0 Å². The molecule has 0 fully saturated rings. The maximum absolute atomic E-state index is 5.59. The van der Waals surface area contributed by atoms with Gasteiger partial charge in [-0.1, -0.05) is 15.9 Å². The van der Waals surface area contributed by atoms with Crippen molar-refractivity contribution in [3.05, 3.63) is 40.1 Å². The monoisotopic (exact) mass is 292 g/mol. The van der Waals surface area contributed by atoms with Gasteiger partial charge in [-0.05, 0) is 37.1 Å². The van der Waals surface area contributed by atoms with E-state index in [4.69, 9.17) is 5.73 Å². The highest BCUT2D eigenvalue weighted by molar-refractivity contribution is 9.10. The van der Waals surface area contributed by atoms with Gasteiger partial charge in [0.25, 0.3) is 0 Å². The molecule has 1 aromatic carbocycles. The Morgan fingerprint density at radius 3 is 2.41 bits per heavy atom. The van der Waals surface area contributed by atoms with Gasteiger partial charge in [-0.15, -0.1) is 0 Å². The Hall–Kier alpha value is -1.62. The van der Waals surface area contributed by atoms with Crippen molar-refractivity contribution in [1.29, 1.82) is 0 Å². The number of hydrogen-bond donors (Lipinski definition) is 2. The van der Waals surface area contributed by atoms with Crippen molar-refractivity contribution in [2.75, 3.05) is 11.1 Å². The minimum atomic E-state index is 0.405. The number of nitrogens with one attached hydrogen (secondary N) is 1. The van der Waals surface area contributed by atoms with Gasteiger partial charge in [0.1, 0.15) is 5.82 Å². The van der Waals surface area contributed by atoms with Gasteiger partial charge in [0.15, 0.2) is 5.82 Å². The third-order valence-electron chi connectivity index (χ3n) is 2.40. The van der Waals surface area contributed by atoms with Crippen molar-refractivity contribution in [2.45, 2.75) is 13.8 Å². The second-order valence-electron chi connectivity index (χ2n) is 3.87. The fraction of sp³-hybridized carbons (Fsp3) is 0.167. The summed E-state index contributed by atoms with van der Waals surface area (Å²) < 4.78 is 1.07. The molecule has 0 radical (unpaired) electrons. The molecule has 0 amide bonds. The molecule has 0 unspecified atom stereocenters. The Balaban J connectivity index is 2.36. The second kappa shape index (κ2) is 4.71. The van der Waals surface area contributed by atoms with E-state index in [2.05, 4.69) is 43.3 Å². The predicted molar refractivity (Wildman–Crippen MR) is 73.3 cm³/mol. The number of nitrogens with two attached hydrogens (primary N) is 1. The summed E-state index contributed by atoms with van der Waals surface area (Å²) in [6.07, 6.45) is 3.17. The van der Waals surface area contributed by atoms with Crippen molar-refractivity contribution in [1.82, 2.24) is 9.97 Å². The van der Waals surface area contributed by atoms with E-state index in [-0.39, 0.29) is 0 Å². The highest BCUT2D eigenvalue weighted by atomic mass is 79.9. The van der Waals surface area contributed by atoms with Crippen LogP contribution in [0.15, 0.2) is 29.0 Å². The van der Waals surface area contributed by atoms with Crippen LogP contribution in [0.3, 0.4) is 0 Å². The highest BCUT2D eigenvalue weighted by Crippen LogP contribution is 2.27. The normalized spacial score (nSPS) is 10.3. The van der Waals surface area contributed by atoms with E-state index < -0.39 is 0 Å². The van der Waals surface area contributed by atoms with Crippen LogP contribution in [0, 0.1) is 13.8 Å². The number of aromatic nitrogens is 2. The molecule has 0 atom stereocenters. The molecule has 4 nitrogen and oxygen atoms in total. The standard InChI is InChI=1S/C12H13BrN4/c1-7-3-9(13)4-8(2)12(7)17-11-6-15-5-10(14)16-11/h3-6H,1-2H3,(H3,14,16,17). The zero-order valence-corrected chi connectivity index (χ0v) is 11.2. The maximum Gasteiger partial charge on any atom is 0.151 e. The van der Waals surface area contributed by atoms with Crippen LogP contribution in [0.25, 0.3) is 0 Å². The molecule has 0 spiro atoms. The fourth-order valence-electron chi connectivity index (χ4n) is 1.68. The average Bonchev–Trinajstić information content (AvgIpc) is 2.23. The van der Waals surface area contributed by atoms with Crippen molar-refractivity contribution in [3.8, 4) is 0 Å². The zero-order valence-electron chi connectivity index (χ0n) is 9.66. The quantitative estimate of drug-likeness (QED) is 0.892. The molecule has 2 rings (SSSR count). The fourth-order valence-corrected chi connectivity index (χ4v) is 2.36. The van der Waals surface area contributed by atoms with E-state index in [9.17, 15) is 0 Å². The molecule has 0 aliphatic carbocycles. The second-order valence-corrected chi connectivity index (χ2v) is 4.78. The number of rotatable bonds is 2. The van der Waals surface area contributed by atoms with Crippen LogP contribution in [0.2, 0.25) is 0 Å². The summed E-state index contributed by atoms with van der Waals surface area (Å²) in [6.45, 7) is 4.08. The van der Waals surface area contributed by atoms with Crippen molar-refractivity contribution >= 4 is 33.3 Å². The lowest BCUT2D eigenvalue weighted by atomic mass is 10.1. The molecule has 3 N–H and O–H groups in total. The Bertz CT molecular complexity index is 531. The lowest BCUT2D eigenvalue weighted by Gasteiger charge is -2.12. The van der Waals surface area contributed by atoms with Crippen LogP contribution < -0.4 is 11.1 Å². The molecule has 5 heteroatoms. The average molecular weight is 293 g/mol. The number of halogens is 1. The van der Waals surface area contributed by atoms with Crippen molar-refractivity contribution in [3.63, 3.8) is 0 Å². The number of nitrogens with zero attached hydrogens (tertiary/aromatic N) is 2. The van der Waals surface area contributed by atoms with Gasteiger partial charge < -0.3 is 11.1 Å². The molecule has 17 heavy (non-hydrogen) atoms. The molecular weight excluding hydrogens is 280 g/mol. The molecule has 1 aromatic heterocycles. The summed E-state index contributed by atoms with van der Waals surface area (Å²) in [4.78, 5) is 8.16. The summed E-state index contributed by atoms with van der Waals surface area (Å²) in [7, 11) is 0. The SMILES string of the molecule is Cc1cc(Br)cc(C)c1Nc1cncc(N)n1. The highest BCUT2D eigenvalue weighted by Gasteiger charge is 2.05. The molecule has 0 saturated heterocycles. The summed E-state index contributed by atoms with van der Waals surface area (Å²) in [5.41, 5.74) is 8.91. The van der Waals surface area contributed by atoms with Crippen LogP contribution >= 0.6 is 15.9 Å². The number of aryl methyl sites for hydroxylation is 2. The molecule has 0 bridgehead atoms. The van der Waals surface area contributed by atoms with E-state index in [0.717, 1.165) is 21.3 Å². The van der Waals surface area contributed by atoms with Crippen LogP contribution in [0.4, 0.5) is 17.3 Å². The van der Waals surface area contributed by atoms with Crippen LogP contribution in [-0.2, 0) is 0 Å². The van der Waals surface area contributed by atoms with Gasteiger partial charge in [-0.3, -0.25) is 4.98 Å².